The third-order valence-electron chi connectivity index (χ3n) is 2.69. The van der Waals surface area contributed by atoms with Crippen LogP contribution in [0.15, 0.2) is 0 Å². The topological polar surface area (TPSA) is 75.7 Å². The second kappa shape index (κ2) is 5.27. The van der Waals surface area contributed by atoms with Gasteiger partial charge in [-0.15, -0.1) is 0 Å². The first kappa shape index (κ1) is 13.6. The molecule has 0 unspecified atom stereocenters. The van der Waals surface area contributed by atoms with Gasteiger partial charge >= 0.3 is 6.03 Å². The maximum atomic E-state index is 11.9. The zero-order valence-corrected chi connectivity index (χ0v) is 10.4. The number of rotatable bonds is 5. The monoisotopic (exact) mass is 242 g/mol. The molecule has 0 saturated carbocycles. The lowest BCUT2D eigenvalue weighted by atomic mass is 9.89. The zero-order chi connectivity index (χ0) is 13.1. The van der Waals surface area contributed by atoms with Crippen molar-refractivity contribution < 1.29 is 19.1 Å². The number of nitrogens with one attached hydrogen (secondary N) is 1. The van der Waals surface area contributed by atoms with E-state index in [1.807, 2.05) is 6.92 Å². The van der Waals surface area contributed by atoms with Crippen LogP contribution in [0.4, 0.5) is 4.79 Å². The van der Waals surface area contributed by atoms with E-state index in [0.29, 0.717) is 19.6 Å². The molecule has 0 spiro atoms. The van der Waals surface area contributed by atoms with E-state index < -0.39 is 23.3 Å². The molecule has 1 aliphatic heterocycles. The van der Waals surface area contributed by atoms with Gasteiger partial charge in [0.05, 0.1) is 0 Å². The molecule has 0 aromatic heterocycles. The smallest absolute Gasteiger partial charge is 0.330 e. The van der Waals surface area contributed by atoms with Crippen LogP contribution in [0.1, 0.15) is 27.2 Å². The summed E-state index contributed by atoms with van der Waals surface area (Å²) in [5, 5.41) is 2.18. The lowest BCUT2D eigenvalue weighted by Crippen LogP contribution is -2.62. The van der Waals surface area contributed by atoms with Gasteiger partial charge in [-0.3, -0.25) is 19.8 Å². The minimum atomic E-state index is -1.18. The Morgan fingerprint density at radius 3 is 2.53 bits per heavy atom. The van der Waals surface area contributed by atoms with E-state index in [-0.39, 0.29) is 6.54 Å². The van der Waals surface area contributed by atoms with Gasteiger partial charge in [-0.1, -0.05) is 0 Å². The van der Waals surface area contributed by atoms with Gasteiger partial charge in [-0.2, -0.15) is 0 Å². The molecule has 1 N–H and O–H groups in total. The summed E-state index contributed by atoms with van der Waals surface area (Å²) >= 11 is 0. The fourth-order valence-electron chi connectivity index (χ4n) is 1.52. The molecule has 0 radical (unpaired) electrons. The van der Waals surface area contributed by atoms with E-state index in [9.17, 15) is 14.4 Å². The average Bonchev–Trinajstić information content (AvgIpc) is 2.26. The Bertz CT molecular complexity index is 338. The van der Waals surface area contributed by atoms with Crippen LogP contribution in [0, 0.1) is 5.41 Å². The normalized spacial score (nSPS) is 19.5. The quantitative estimate of drug-likeness (QED) is 0.563. The molecule has 0 aromatic rings. The van der Waals surface area contributed by atoms with Crippen LogP contribution < -0.4 is 5.32 Å². The maximum Gasteiger partial charge on any atom is 0.330 e. The van der Waals surface area contributed by atoms with Crippen molar-refractivity contribution in [3.63, 3.8) is 0 Å². The molecular formula is C11H18N2O4. The molecule has 96 valence electrons. The van der Waals surface area contributed by atoms with Crippen molar-refractivity contribution in [3.8, 4) is 0 Å². The van der Waals surface area contributed by atoms with Crippen molar-refractivity contribution in [1.82, 2.24) is 10.2 Å². The molecule has 0 bridgehead atoms. The van der Waals surface area contributed by atoms with Gasteiger partial charge in [0.2, 0.25) is 11.8 Å². The number of hydrogen-bond acceptors (Lipinski definition) is 4. The van der Waals surface area contributed by atoms with Gasteiger partial charge in [0.25, 0.3) is 0 Å². The van der Waals surface area contributed by atoms with E-state index in [1.165, 1.54) is 13.8 Å². The van der Waals surface area contributed by atoms with Crippen LogP contribution >= 0.6 is 0 Å². The molecule has 0 aromatic carbocycles. The molecule has 0 atom stereocenters. The summed E-state index contributed by atoms with van der Waals surface area (Å²) in [6.45, 7) is 6.24. The highest BCUT2D eigenvalue weighted by atomic mass is 16.5. The third-order valence-corrected chi connectivity index (χ3v) is 2.69. The number of barbiturate groups is 1. The number of nitrogens with zero attached hydrogens (tertiary/aromatic N) is 1. The average molecular weight is 242 g/mol. The van der Waals surface area contributed by atoms with Gasteiger partial charge < -0.3 is 4.74 Å². The Labute approximate surface area is 100 Å². The number of hydrogen-bond donors (Lipinski definition) is 1. The minimum absolute atomic E-state index is 0.265. The zero-order valence-electron chi connectivity index (χ0n) is 10.4. The molecule has 1 heterocycles. The Hall–Kier alpha value is -1.43. The standard InChI is InChI=1S/C11H18N2O4/c1-4-17-7-5-6-13-9(15)11(2,3)8(14)12-10(13)16/h4-7H2,1-3H3,(H,12,14,16). The lowest BCUT2D eigenvalue weighted by molar-refractivity contribution is -0.149. The molecule has 6 nitrogen and oxygen atoms in total. The molecular weight excluding hydrogens is 224 g/mol. The number of ether oxygens (including phenoxy) is 1. The number of amides is 4. The van der Waals surface area contributed by atoms with E-state index in [0.717, 1.165) is 4.90 Å². The van der Waals surface area contributed by atoms with E-state index >= 15 is 0 Å². The third kappa shape index (κ3) is 2.82. The first-order valence-electron chi connectivity index (χ1n) is 5.66. The molecule has 1 fully saturated rings. The van der Waals surface area contributed by atoms with Gasteiger partial charge in [0.15, 0.2) is 0 Å². The highest BCUT2D eigenvalue weighted by Crippen LogP contribution is 2.23. The highest BCUT2D eigenvalue weighted by Gasteiger charge is 2.46. The molecule has 6 heteroatoms. The highest BCUT2D eigenvalue weighted by molar-refractivity contribution is 6.18. The Balaban J connectivity index is 2.62. The summed E-state index contributed by atoms with van der Waals surface area (Å²) in [5.41, 5.74) is -1.18. The number of imide groups is 2. The van der Waals surface area contributed by atoms with E-state index in [1.54, 1.807) is 0 Å². The first-order chi connectivity index (χ1) is 7.91. The molecule has 1 rings (SSSR count). The fraction of sp³-hybridized carbons (Fsp3) is 0.727. The van der Waals surface area contributed by atoms with E-state index in [4.69, 9.17) is 4.74 Å². The molecule has 0 aliphatic carbocycles. The molecule has 17 heavy (non-hydrogen) atoms. The van der Waals surface area contributed by atoms with Crippen LogP contribution in [-0.2, 0) is 14.3 Å². The summed E-state index contributed by atoms with van der Waals surface area (Å²) in [6, 6.07) is -0.643. The summed E-state index contributed by atoms with van der Waals surface area (Å²) in [7, 11) is 0. The van der Waals surface area contributed by atoms with Crippen molar-refractivity contribution in [1.29, 1.82) is 0 Å². The predicted octanol–water partition coefficient (Wildman–Crippen LogP) is 0.518. The number of urea groups is 1. The summed E-state index contributed by atoms with van der Waals surface area (Å²) in [6.07, 6.45) is 0.567. The SMILES string of the molecule is CCOCCCN1C(=O)NC(=O)C(C)(C)C1=O. The van der Waals surface area contributed by atoms with Crippen molar-refractivity contribution in [2.75, 3.05) is 19.8 Å². The fourth-order valence-corrected chi connectivity index (χ4v) is 1.52. The van der Waals surface area contributed by atoms with Gasteiger partial charge in [0.1, 0.15) is 5.41 Å². The lowest BCUT2D eigenvalue weighted by Gasteiger charge is -2.34. The second-order valence-electron chi connectivity index (χ2n) is 4.39. The van der Waals surface area contributed by atoms with Gasteiger partial charge in [-0.05, 0) is 27.2 Å². The van der Waals surface area contributed by atoms with Crippen LogP contribution in [0.5, 0.6) is 0 Å². The van der Waals surface area contributed by atoms with Crippen LogP contribution in [0.3, 0.4) is 0 Å². The van der Waals surface area contributed by atoms with Crippen LogP contribution in [0.25, 0.3) is 0 Å². The minimum Gasteiger partial charge on any atom is -0.382 e. The summed E-state index contributed by atoms with van der Waals surface area (Å²) in [5.74, 6) is -1.00. The Morgan fingerprint density at radius 1 is 1.29 bits per heavy atom. The van der Waals surface area contributed by atoms with Crippen LogP contribution in [0.2, 0.25) is 0 Å². The van der Waals surface area contributed by atoms with Gasteiger partial charge in [0, 0.05) is 19.8 Å². The predicted molar refractivity (Wildman–Crippen MR) is 60.1 cm³/mol. The second-order valence-corrected chi connectivity index (χ2v) is 4.39. The van der Waals surface area contributed by atoms with Crippen molar-refractivity contribution >= 4 is 17.8 Å². The Kier molecular flexibility index (Phi) is 4.22. The van der Waals surface area contributed by atoms with Crippen molar-refractivity contribution in [2.24, 2.45) is 5.41 Å². The van der Waals surface area contributed by atoms with Crippen molar-refractivity contribution in [3.05, 3.63) is 0 Å². The van der Waals surface area contributed by atoms with Crippen molar-refractivity contribution in [2.45, 2.75) is 27.2 Å². The summed E-state index contributed by atoms with van der Waals surface area (Å²) < 4.78 is 5.13. The molecule has 1 saturated heterocycles. The number of carbonyl (C=O) groups excluding carboxylic acids is 3. The van der Waals surface area contributed by atoms with Gasteiger partial charge in [-0.25, -0.2) is 4.79 Å². The van der Waals surface area contributed by atoms with E-state index in [2.05, 4.69) is 5.32 Å². The Morgan fingerprint density at radius 2 is 1.94 bits per heavy atom. The largest absolute Gasteiger partial charge is 0.382 e. The van der Waals surface area contributed by atoms with Crippen LogP contribution in [-0.4, -0.2) is 42.5 Å². The number of carbonyl (C=O) groups is 3. The first-order valence-corrected chi connectivity index (χ1v) is 5.66. The summed E-state index contributed by atoms with van der Waals surface area (Å²) in [4.78, 5) is 36.0. The molecule has 1 aliphatic rings. The maximum absolute atomic E-state index is 11.9. The molecule has 4 amide bonds.